The second kappa shape index (κ2) is 25.6. The first kappa shape index (κ1) is 51.2. The van der Waals surface area contributed by atoms with E-state index in [-0.39, 0.29) is 91.5 Å². The Morgan fingerprint density at radius 3 is 1.58 bits per heavy atom. The van der Waals surface area contributed by atoms with Crippen molar-refractivity contribution in [3.05, 3.63) is 0 Å². The molecule has 0 aromatic heterocycles. The fourth-order valence-electron chi connectivity index (χ4n) is 6.66. The summed E-state index contributed by atoms with van der Waals surface area (Å²) in [5.74, 6) is -8.48. The van der Waals surface area contributed by atoms with Crippen LogP contribution in [-0.2, 0) is 38.4 Å². The number of carboxylic acid groups (broad SMARTS) is 4. The molecule has 0 unspecified atom stereocenters. The molecule has 0 aliphatic carbocycles. The summed E-state index contributed by atoms with van der Waals surface area (Å²) < 4.78 is 0. The summed E-state index contributed by atoms with van der Waals surface area (Å²) in [6.07, 6.45) is 0.407. The molecule has 0 saturated carbocycles. The molecule has 57 heavy (non-hydrogen) atoms. The monoisotopic (exact) mass is 869 g/mol. The number of carbonyl (C=O) groups excluding carboxylic acids is 4. The maximum Gasteiger partial charge on any atom is 3.00 e. The Morgan fingerprint density at radius 1 is 0.684 bits per heavy atom. The Kier molecular flexibility index (Phi) is 23.0. The van der Waals surface area contributed by atoms with E-state index in [4.69, 9.17) is 0 Å². The number of likely N-dealkylation sites (tertiary alicyclic amines) is 1. The zero-order valence-corrected chi connectivity index (χ0v) is 35.2. The van der Waals surface area contributed by atoms with Crippen LogP contribution in [-0.4, -0.2) is 239 Å². The van der Waals surface area contributed by atoms with Crippen LogP contribution in [0.25, 0.3) is 0 Å². The molecule has 0 spiro atoms. The van der Waals surface area contributed by atoms with E-state index >= 15 is 0 Å². The second-order valence-electron chi connectivity index (χ2n) is 14.4. The Labute approximate surface area is 344 Å². The molecule has 22 nitrogen and oxygen atoms in total. The number of carboxylic acids is 4. The van der Waals surface area contributed by atoms with Crippen LogP contribution < -0.4 is 16.0 Å². The van der Waals surface area contributed by atoms with Crippen LogP contribution in [0.2, 0.25) is 0 Å². The third kappa shape index (κ3) is 18.6. The Hall–Kier alpha value is -3.78. The summed E-state index contributed by atoms with van der Waals surface area (Å²) in [5, 5.41) is 65.1. The summed E-state index contributed by atoms with van der Waals surface area (Å²) in [6.45, 7) is 4.17. The van der Waals surface area contributed by atoms with Crippen molar-refractivity contribution in [2.45, 2.75) is 70.5 Å². The topological polar surface area (TPSA) is 310 Å². The first-order valence-electron chi connectivity index (χ1n) is 18.6. The van der Waals surface area contributed by atoms with Gasteiger partial charge in [-0.15, -0.1) is 0 Å². The molecule has 4 amide bonds. The SMILES string of the molecule is CC(C)[C@H](NC(=O)CNC(=O)CC[C@H](C(=O)O)N1CCN(CC(=O)O)CCN(CC(=O)O)CCN(CC(=O)O)CC1)C(=O)N[C@H](C)C(=O)N1CCC[C@H]1B(O)O.[Ga+3]. The van der Waals surface area contributed by atoms with Gasteiger partial charge in [-0.05, 0) is 32.1 Å². The van der Waals surface area contributed by atoms with Crippen molar-refractivity contribution in [1.82, 2.24) is 40.4 Å². The zero-order chi connectivity index (χ0) is 42.1. The van der Waals surface area contributed by atoms with Gasteiger partial charge in [0.05, 0.1) is 32.1 Å². The van der Waals surface area contributed by atoms with Gasteiger partial charge in [0.2, 0.25) is 23.6 Å². The molecule has 2 fully saturated rings. The van der Waals surface area contributed by atoms with E-state index in [2.05, 4.69) is 16.0 Å². The van der Waals surface area contributed by atoms with Gasteiger partial charge in [0.25, 0.3) is 0 Å². The van der Waals surface area contributed by atoms with Crippen molar-refractivity contribution < 1.29 is 68.8 Å². The van der Waals surface area contributed by atoms with Gasteiger partial charge >= 0.3 is 50.8 Å². The molecular formula is C33H57BGaN8O14+3. The molecule has 0 radical (unpaired) electrons. The maximum absolute atomic E-state index is 13.1. The van der Waals surface area contributed by atoms with Gasteiger partial charge in [-0.1, -0.05) is 13.8 Å². The van der Waals surface area contributed by atoms with Crippen LogP contribution in [0.15, 0.2) is 0 Å². The number of rotatable bonds is 19. The molecule has 0 aromatic carbocycles. The van der Waals surface area contributed by atoms with Crippen molar-refractivity contribution in [3.8, 4) is 0 Å². The number of nitrogens with zero attached hydrogens (tertiary/aromatic N) is 5. The van der Waals surface area contributed by atoms with Gasteiger partial charge in [0.15, 0.2) is 0 Å². The fraction of sp³-hybridized carbons (Fsp3) is 0.758. The van der Waals surface area contributed by atoms with Crippen molar-refractivity contribution in [3.63, 3.8) is 0 Å². The molecule has 24 heteroatoms. The molecule has 2 rings (SSSR count). The summed E-state index contributed by atoms with van der Waals surface area (Å²) in [5.41, 5.74) is 0. The Morgan fingerprint density at radius 2 is 1.16 bits per heavy atom. The Balaban J connectivity index is 0.0000162. The van der Waals surface area contributed by atoms with Crippen LogP contribution in [0.1, 0.15) is 46.5 Å². The number of carbonyl (C=O) groups is 8. The van der Waals surface area contributed by atoms with E-state index < -0.39 is 104 Å². The summed E-state index contributed by atoms with van der Waals surface area (Å²) in [6, 6.07) is -3.39. The predicted molar refractivity (Wildman–Crippen MR) is 203 cm³/mol. The Bertz CT molecular complexity index is 1370. The average Bonchev–Trinajstić information content (AvgIpc) is 3.60. The van der Waals surface area contributed by atoms with E-state index in [1.807, 2.05) is 0 Å². The number of nitrogens with one attached hydrogen (secondary N) is 3. The third-order valence-corrected chi connectivity index (χ3v) is 9.69. The van der Waals surface area contributed by atoms with E-state index in [1.54, 1.807) is 28.5 Å². The van der Waals surface area contributed by atoms with Gasteiger partial charge in [-0.2, -0.15) is 0 Å². The van der Waals surface area contributed by atoms with Crippen LogP contribution >= 0.6 is 0 Å². The molecular weight excluding hydrogens is 813 g/mol. The van der Waals surface area contributed by atoms with Crippen molar-refractivity contribution in [2.24, 2.45) is 5.92 Å². The van der Waals surface area contributed by atoms with Crippen molar-refractivity contribution >= 4 is 74.4 Å². The van der Waals surface area contributed by atoms with Gasteiger partial charge < -0.3 is 51.3 Å². The maximum atomic E-state index is 13.1. The summed E-state index contributed by atoms with van der Waals surface area (Å²) in [4.78, 5) is 106. The van der Waals surface area contributed by atoms with Crippen LogP contribution in [0.5, 0.6) is 0 Å². The first-order valence-corrected chi connectivity index (χ1v) is 18.6. The third-order valence-electron chi connectivity index (χ3n) is 9.69. The van der Waals surface area contributed by atoms with Gasteiger partial charge in [0, 0.05) is 65.3 Å². The van der Waals surface area contributed by atoms with E-state index in [0.717, 1.165) is 0 Å². The van der Waals surface area contributed by atoms with Gasteiger partial charge in [0.1, 0.15) is 18.1 Å². The largest absolute Gasteiger partial charge is 3.00 e. The minimum absolute atomic E-state index is 0. The molecule has 4 atom stereocenters. The van der Waals surface area contributed by atoms with Gasteiger partial charge in [-0.3, -0.25) is 58.0 Å². The minimum atomic E-state index is -1.73. The summed E-state index contributed by atoms with van der Waals surface area (Å²) in [7, 11) is -1.73. The van der Waals surface area contributed by atoms with E-state index in [0.29, 0.717) is 19.4 Å². The van der Waals surface area contributed by atoms with E-state index in [1.165, 1.54) is 16.7 Å². The molecule has 316 valence electrons. The molecule has 2 heterocycles. The van der Waals surface area contributed by atoms with Crippen molar-refractivity contribution in [2.75, 3.05) is 85.1 Å². The molecule has 0 bridgehead atoms. The molecule has 2 aliphatic rings. The quantitative estimate of drug-likeness (QED) is 0.0550. The summed E-state index contributed by atoms with van der Waals surface area (Å²) >= 11 is 0. The van der Waals surface area contributed by atoms with Crippen LogP contribution in [0.3, 0.4) is 0 Å². The molecule has 2 aliphatic heterocycles. The van der Waals surface area contributed by atoms with Crippen LogP contribution in [0.4, 0.5) is 0 Å². The predicted octanol–water partition coefficient (Wildman–Crippen LogP) is -4.92. The molecule has 2 saturated heterocycles. The number of hydrogen-bond donors (Lipinski definition) is 9. The van der Waals surface area contributed by atoms with Gasteiger partial charge in [-0.25, -0.2) is 0 Å². The fourth-order valence-corrected chi connectivity index (χ4v) is 6.66. The minimum Gasteiger partial charge on any atom is -0.480 e. The average molecular weight is 870 g/mol. The smallest absolute Gasteiger partial charge is 0.480 e. The normalized spacial score (nSPS) is 19.5. The van der Waals surface area contributed by atoms with Crippen molar-refractivity contribution in [1.29, 1.82) is 0 Å². The standard InChI is InChI=1S/C33H57BN8O14.Ga/c1-21(2)30(31(51)36-22(3)32(52)42-8-4-5-24(42)34(55)56)37-26(44)17-35-25(43)7-6-23(33(53)54)41-15-13-39(19-28(47)48)11-9-38(18-27(45)46)10-12-40(14-16-41)20-29(49)50;/h21-24,30,55-56H,4-20H2,1-3H3,(H,35,43)(H,36,51)(H,37,44)(H,45,46)(H,47,48)(H,49,50)(H,53,54);/q;+3/t22-,23-,24+,30+;/m1./s1. The number of aliphatic carboxylic acids is 4. The first-order chi connectivity index (χ1) is 26.3. The number of amides is 4. The number of hydrogen-bond acceptors (Lipinski definition) is 14. The zero-order valence-electron chi connectivity index (χ0n) is 32.7. The van der Waals surface area contributed by atoms with Crippen LogP contribution in [0, 0.1) is 5.92 Å². The molecule has 9 N–H and O–H groups in total. The molecule has 0 aromatic rings. The second-order valence-corrected chi connectivity index (χ2v) is 14.4. The van der Waals surface area contributed by atoms with E-state index in [9.17, 15) is 68.8 Å².